The van der Waals surface area contributed by atoms with Gasteiger partial charge in [0.15, 0.2) is 0 Å². The summed E-state index contributed by atoms with van der Waals surface area (Å²) in [5, 5.41) is -0.190. The highest BCUT2D eigenvalue weighted by Crippen LogP contribution is 2.37. The highest BCUT2D eigenvalue weighted by atomic mass is 32.2. The molecule has 0 bridgehead atoms. The molecule has 6 heteroatoms. The fraction of sp³-hybridized carbons (Fsp3) is 0.733. The van der Waals surface area contributed by atoms with Gasteiger partial charge in [-0.05, 0) is 32.6 Å². The number of hydrogen-bond acceptors (Lipinski definition) is 4. The van der Waals surface area contributed by atoms with E-state index in [-0.39, 0.29) is 11.3 Å². The van der Waals surface area contributed by atoms with Crippen molar-refractivity contribution in [1.82, 2.24) is 14.3 Å². The number of hydrogen-bond donors (Lipinski definition) is 0. The summed E-state index contributed by atoms with van der Waals surface area (Å²) >= 11 is 0. The van der Waals surface area contributed by atoms with Gasteiger partial charge in [-0.25, -0.2) is 8.42 Å². The third-order valence-corrected chi connectivity index (χ3v) is 7.02. The first-order chi connectivity index (χ1) is 10.1. The summed E-state index contributed by atoms with van der Waals surface area (Å²) in [7, 11) is -3.21. The van der Waals surface area contributed by atoms with E-state index >= 15 is 0 Å². The van der Waals surface area contributed by atoms with Gasteiger partial charge in [0, 0.05) is 12.7 Å². The summed E-state index contributed by atoms with van der Waals surface area (Å²) in [6.07, 6.45) is 10.0. The molecule has 0 amide bonds. The Hall–Kier alpha value is -1.01. The molecule has 1 aliphatic heterocycles. The van der Waals surface area contributed by atoms with Gasteiger partial charge in [-0.1, -0.05) is 19.3 Å². The van der Waals surface area contributed by atoms with Gasteiger partial charge in [0.05, 0.1) is 28.9 Å². The monoisotopic (exact) mass is 309 g/mol. The Balaban J connectivity index is 1.86. The first kappa shape index (κ1) is 14.9. The molecular weight excluding hydrogens is 286 g/mol. The smallest absolute Gasteiger partial charge is 0.217 e. The van der Waals surface area contributed by atoms with Crippen LogP contribution < -0.4 is 0 Å². The molecule has 0 N–H and O–H groups in total. The van der Waals surface area contributed by atoms with Crippen molar-refractivity contribution < 1.29 is 8.42 Å². The predicted octanol–water partition coefficient (Wildman–Crippen LogP) is 2.58. The van der Waals surface area contributed by atoms with Crippen LogP contribution in [0.25, 0.3) is 0 Å². The fourth-order valence-corrected chi connectivity index (χ4v) is 5.80. The molecule has 3 rings (SSSR count). The molecule has 2 aliphatic rings. The van der Waals surface area contributed by atoms with Crippen LogP contribution in [-0.4, -0.2) is 34.5 Å². The Kier molecular flexibility index (Phi) is 4.26. The van der Waals surface area contributed by atoms with Crippen molar-refractivity contribution in [3.63, 3.8) is 0 Å². The largest absolute Gasteiger partial charge is 0.261 e. The van der Waals surface area contributed by atoms with Crippen LogP contribution >= 0.6 is 0 Å². The second-order valence-electron chi connectivity index (χ2n) is 6.16. The summed E-state index contributed by atoms with van der Waals surface area (Å²) in [5.41, 5.74) is 1.64. The number of nitrogens with zero attached hydrogens (tertiary/aromatic N) is 3. The van der Waals surface area contributed by atoms with Crippen LogP contribution in [0.2, 0.25) is 0 Å². The molecule has 1 atom stereocenters. The van der Waals surface area contributed by atoms with Crippen molar-refractivity contribution in [3.05, 3.63) is 23.8 Å². The summed E-state index contributed by atoms with van der Waals surface area (Å²) in [5.74, 6) is 0. The molecule has 21 heavy (non-hydrogen) atoms. The second-order valence-corrected chi connectivity index (χ2v) is 8.32. The van der Waals surface area contributed by atoms with E-state index in [0.29, 0.717) is 6.54 Å². The topological polar surface area (TPSA) is 63.2 Å². The van der Waals surface area contributed by atoms with Crippen molar-refractivity contribution in [2.24, 2.45) is 0 Å². The third kappa shape index (κ3) is 2.97. The van der Waals surface area contributed by atoms with Crippen LogP contribution in [0.5, 0.6) is 0 Å². The zero-order chi connectivity index (χ0) is 14.9. The van der Waals surface area contributed by atoms with E-state index in [1.165, 1.54) is 6.42 Å². The van der Waals surface area contributed by atoms with E-state index in [4.69, 9.17) is 0 Å². The van der Waals surface area contributed by atoms with E-state index in [0.717, 1.165) is 49.9 Å². The van der Waals surface area contributed by atoms with Crippen LogP contribution in [-0.2, 0) is 10.0 Å². The minimum atomic E-state index is -3.21. The highest BCUT2D eigenvalue weighted by Gasteiger charge is 2.40. The van der Waals surface area contributed by atoms with Crippen LogP contribution in [0.3, 0.4) is 0 Å². The SMILES string of the molecule is Cc1cncc(C2CCCN2S(=O)(=O)C2CCCCC2)n1. The van der Waals surface area contributed by atoms with Crippen LogP contribution in [0.4, 0.5) is 0 Å². The fourth-order valence-electron chi connectivity index (χ4n) is 3.54. The summed E-state index contributed by atoms with van der Waals surface area (Å²) in [6.45, 7) is 2.52. The van der Waals surface area contributed by atoms with Crippen molar-refractivity contribution >= 4 is 10.0 Å². The van der Waals surface area contributed by atoms with Gasteiger partial charge in [0.2, 0.25) is 10.0 Å². The van der Waals surface area contributed by atoms with Gasteiger partial charge in [-0.2, -0.15) is 4.31 Å². The highest BCUT2D eigenvalue weighted by molar-refractivity contribution is 7.89. The van der Waals surface area contributed by atoms with Crippen molar-refractivity contribution in [3.8, 4) is 0 Å². The zero-order valence-electron chi connectivity index (χ0n) is 12.5. The van der Waals surface area contributed by atoms with E-state index in [2.05, 4.69) is 9.97 Å². The number of aromatic nitrogens is 2. The van der Waals surface area contributed by atoms with E-state index in [1.807, 2.05) is 6.92 Å². The van der Waals surface area contributed by atoms with Crippen LogP contribution in [0, 0.1) is 6.92 Å². The Labute approximate surface area is 126 Å². The van der Waals surface area contributed by atoms with Gasteiger partial charge < -0.3 is 0 Å². The molecule has 5 nitrogen and oxygen atoms in total. The second kappa shape index (κ2) is 6.01. The lowest BCUT2D eigenvalue weighted by Gasteiger charge is -2.30. The number of aryl methyl sites for hydroxylation is 1. The molecule has 1 saturated carbocycles. The third-order valence-electron chi connectivity index (χ3n) is 4.62. The molecule has 1 unspecified atom stereocenters. The van der Waals surface area contributed by atoms with E-state index in [1.54, 1.807) is 16.7 Å². The summed E-state index contributed by atoms with van der Waals surface area (Å²) in [6, 6.07) is -0.121. The number of sulfonamides is 1. The molecular formula is C15H23N3O2S. The average molecular weight is 309 g/mol. The molecule has 0 radical (unpaired) electrons. The minimum absolute atomic E-state index is 0.121. The van der Waals surface area contributed by atoms with Gasteiger partial charge in [-0.3, -0.25) is 9.97 Å². The Morgan fingerprint density at radius 1 is 1.10 bits per heavy atom. The van der Waals surface area contributed by atoms with E-state index < -0.39 is 10.0 Å². The molecule has 1 aromatic heterocycles. The summed E-state index contributed by atoms with van der Waals surface area (Å²) in [4.78, 5) is 8.67. The Bertz CT molecular complexity index is 597. The molecule has 1 aromatic rings. The first-order valence-electron chi connectivity index (χ1n) is 7.88. The molecule has 2 fully saturated rings. The van der Waals surface area contributed by atoms with Crippen molar-refractivity contribution in [2.75, 3.05) is 6.54 Å². The van der Waals surface area contributed by atoms with Gasteiger partial charge in [0.25, 0.3) is 0 Å². The molecule has 1 aliphatic carbocycles. The van der Waals surface area contributed by atoms with Crippen LogP contribution in [0.15, 0.2) is 12.4 Å². The maximum Gasteiger partial charge on any atom is 0.217 e. The van der Waals surface area contributed by atoms with Gasteiger partial charge >= 0.3 is 0 Å². The lowest BCUT2D eigenvalue weighted by atomic mass is 10.0. The summed E-state index contributed by atoms with van der Waals surface area (Å²) < 4.78 is 27.6. The van der Waals surface area contributed by atoms with Crippen molar-refractivity contribution in [1.29, 1.82) is 0 Å². The Morgan fingerprint density at radius 2 is 1.86 bits per heavy atom. The lowest BCUT2D eigenvalue weighted by molar-refractivity contribution is 0.369. The Morgan fingerprint density at radius 3 is 2.57 bits per heavy atom. The van der Waals surface area contributed by atoms with Gasteiger partial charge in [0.1, 0.15) is 0 Å². The van der Waals surface area contributed by atoms with Gasteiger partial charge in [-0.15, -0.1) is 0 Å². The van der Waals surface area contributed by atoms with E-state index in [9.17, 15) is 8.42 Å². The molecule has 116 valence electrons. The maximum atomic E-state index is 12.9. The van der Waals surface area contributed by atoms with Crippen LogP contribution in [0.1, 0.15) is 62.4 Å². The first-order valence-corrected chi connectivity index (χ1v) is 9.38. The van der Waals surface area contributed by atoms with Crippen molar-refractivity contribution in [2.45, 2.75) is 63.2 Å². The normalized spacial score (nSPS) is 25.3. The maximum absolute atomic E-state index is 12.9. The standard InChI is InChI=1S/C15H23N3O2S/c1-12-10-16-11-14(17-12)15-8-5-9-18(15)21(19,20)13-6-3-2-4-7-13/h10-11,13,15H,2-9H2,1H3. The minimum Gasteiger partial charge on any atom is -0.261 e. The predicted molar refractivity (Wildman–Crippen MR) is 81.2 cm³/mol. The molecule has 0 aromatic carbocycles. The zero-order valence-corrected chi connectivity index (χ0v) is 13.3. The molecule has 1 saturated heterocycles. The molecule has 0 spiro atoms. The molecule has 2 heterocycles. The average Bonchev–Trinajstić information content (AvgIpc) is 2.98. The lowest BCUT2D eigenvalue weighted by Crippen LogP contribution is -2.39. The quantitative estimate of drug-likeness (QED) is 0.861. The number of rotatable bonds is 3.